The molecule has 1 heterocycles. The van der Waals surface area contributed by atoms with Crippen LogP contribution in [0.4, 0.5) is 0 Å². The largest absolute Gasteiger partial charge is 0.396 e. The molecule has 0 unspecified atom stereocenters. The molecule has 5 heteroatoms. The maximum absolute atomic E-state index is 12.0. The fraction of sp³-hybridized carbons (Fsp3) is 0.400. The molecule has 1 amide bonds. The van der Waals surface area contributed by atoms with Gasteiger partial charge in [0.25, 0.3) is 5.91 Å². The fourth-order valence-electron chi connectivity index (χ4n) is 2.13. The van der Waals surface area contributed by atoms with E-state index in [1.807, 2.05) is 18.2 Å². The van der Waals surface area contributed by atoms with Gasteiger partial charge in [-0.3, -0.25) is 4.79 Å². The van der Waals surface area contributed by atoms with Crippen molar-refractivity contribution in [1.82, 2.24) is 10.3 Å². The average Bonchev–Trinajstić information content (AvgIpc) is 2.88. The highest BCUT2D eigenvalue weighted by atomic mass is 35.5. The lowest BCUT2D eigenvalue weighted by Crippen LogP contribution is -2.24. The van der Waals surface area contributed by atoms with Crippen LogP contribution in [0, 0.1) is 0 Å². The van der Waals surface area contributed by atoms with Gasteiger partial charge in [-0.2, -0.15) is 0 Å². The number of hydrogen-bond donors (Lipinski definition) is 3. The van der Waals surface area contributed by atoms with Crippen LogP contribution < -0.4 is 5.32 Å². The maximum atomic E-state index is 12.0. The van der Waals surface area contributed by atoms with Crippen molar-refractivity contribution >= 4 is 28.4 Å². The average molecular weight is 295 g/mol. The van der Waals surface area contributed by atoms with E-state index >= 15 is 0 Å². The van der Waals surface area contributed by atoms with Crippen molar-refractivity contribution in [2.45, 2.75) is 25.7 Å². The minimum Gasteiger partial charge on any atom is -0.396 e. The van der Waals surface area contributed by atoms with Gasteiger partial charge in [-0.15, -0.1) is 0 Å². The molecule has 0 atom stereocenters. The monoisotopic (exact) mass is 294 g/mol. The van der Waals surface area contributed by atoms with Crippen LogP contribution in [0.2, 0.25) is 5.02 Å². The highest BCUT2D eigenvalue weighted by Crippen LogP contribution is 2.23. The molecule has 0 spiro atoms. The minimum atomic E-state index is -0.112. The van der Waals surface area contributed by atoms with Crippen molar-refractivity contribution < 1.29 is 9.90 Å². The molecule has 1 aromatic heterocycles. The molecule has 2 rings (SSSR count). The second-order valence-electron chi connectivity index (χ2n) is 4.78. The number of halogens is 1. The number of nitrogens with one attached hydrogen (secondary N) is 2. The Bertz CT molecular complexity index is 580. The van der Waals surface area contributed by atoms with Crippen molar-refractivity contribution in [2.24, 2.45) is 0 Å². The molecule has 3 N–H and O–H groups in total. The molecule has 0 bridgehead atoms. The number of carbonyl (C=O) groups excluding carboxylic acids is 1. The Labute approximate surface area is 123 Å². The Kier molecular flexibility index (Phi) is 5.44. The fourth-order valence-corrected chi connectivity index (χ4v) is 2.36. The maximum Gasteiger partial charge on any atom is 0.267 e. The van der Waals surface area contributed by atoms with Gasteiger partial charge in [0.15, 0.2) is 0 Å². The van der Waals surface area contributed by atoms with Gasteiger partial charge in [-0.05, 0) is 25.0 Å². The molecule has 0 aliphatic rings. The summed E-state index contributed by atoms with van der Waals surface area (Å²) < 4.78 is 0. The van der Waals surface area contributed by atoms with Gasteiger partial charge in [0, 0.05) is 18.5 Å². The minimum absolute atomic E-state index is 0.112. The zero-order valence-corrected chi connectivity index (χ0v) is 12.0. The van der Waals surface area contributed by atoms with Crippen LogP contribution in [0.25, 0.3) is 10.9 Å². The topological polar surface area (TPSA) is 65.1 Å². The van der Waals surface area contributed by atoms with E-state index in [-0.39, 0.29) is 12.5 Å². The first-order chi connectivity index (χ1) is 9.72. The van der Waals surface area contributed by atoms with Crippen molar-refractivity contribution in [2.75, 3.05) is 13.2 Å². The lowest BCUT2D eigenvalue weighted by atomic mass is 10.2. The second-order valence-corrected chi connectivity index (χ2v) is 5.19. The van der Waals surface area contributed by atoms with Gasteiger partial charge < -0.3 is 15.4 Å². The van der Waals surface area contributed by atoms with Crippen molar-refractivity contribution in [3.05, 3.63) is 35.0 Å². The van der Waals surface area contributed by atoms with E-state index in [9.17, 15) is 4.79 Å². The molecule has 0 radical (unpaired) electrons. The Hall–Kier alpha value is -1.52. The quantitative estimate of drug-likeness (QED) is 0.687. The third-order valence-corrected chi connectivity index (χ3v) is 3.54. The molecular weight excluding hydrogens is 276 g/mol. The number of carbonyl (C=O) groups is 1. The van der Waals surface area contributed by atoms with Gasteiger partial charge in [0.1, 0.15) is 5.69 Å². The molecule has 0 aliphatic carbocycles. The zero-order valence-electron chi connectivity index (χ0n) is 11.3. The van der Waals surface area contributed by atoms with Crippen molar-refractivity contribution in [3.8, 4) is 0 Å². The van der Waals surface area contributed by atoms with E-state index in [2.05, 4.69) is 10.3 Å². The number of para-hydroxylation sites is 1. The third kappa shape index (κ3) is 3.74. The molecule has 20 heavy (non-hydrogen) atoms. The number of aliphatic hydroxyl groups excluding tert-OH is 1. The Morgan fingerprint density at radius 2 is 2.05 bits per heavy atom. The summed E-state index contributed by atoms with van der Waals surface area (Å²) in [4.78, 5) is 15.0. The number of H-pyrrole nitrogens is 1. The van der Waals surface area contributed by atoms with E-state index < -0.39 is 0 Å². The molecule has 1 aromatic carbocycles. The lowest BCUT2D eigenvalue weighted by molar-refractivity contribution is 0.0948. The van der Waals surface area contributed by atoms with Gasteiger partial charge in [-0.25, -0.2) is 0 Å². The van der Waals surface area contributed by atoms with E-state index in [1.54, 1.807) is 6.07 Å². The smallest absolute Gasteiger partial charge is 0.267 e. The summed E-state index contributed by atoms with van der Waals surface area (Å²) in [6, 6.07) is 7.39. The Morgan fingerprint density at radius 3 is 2.80 bits per heavy atom. The summed E-state index contributed by atoms with van der Waals surface area (Å²) in [5, 5.41) is 13.1. The number of fused-ring (bicyclic) bond motifs is 1. The van der Waals surface area contributed by atoms with Crippen LogP contribution in [0.5, 0.6) is 0 Å². The normalized spacial score (nSPS) is 10.9. The predicted octanol–water partition coefficient (Wildman–Crippen LogP) is 3.10. The standard InChI is InChI=1S/C15H19ClN2O2/c16-12-7-5-6-11-10-13(18-14(11)12)15(20)17-8-3-1-2-4-9-19/h5-7,10,18-19H,1-4,8-9H2,(H,17,20). The molecule has 0 fully saturated rings. The van der Waals surface area contributed by atoms with Crippen LogP contribution in [0.1, 0.15) is 36.2 Å². The summed E-state index contributed by atoms with van der Waals surface area (Å²) in [5.74, 6) is -0.112. The first-order valence-corrected chi connectivity index (χ1v) is 7.26. The molecule has 2 aromatic rings. The Balaban J connectivity index is 1.86. The molecule has 0 saturated heterocycles. The van der Waals surface area contributed by atoms with Crippen molar-refractivity contribution in [1.29, 1.82) is 0 Å². The number of rotatable bonds is 7. The highest BCUT2D eigenvalue weighted by molar-refractivity contribution is 6.35. The summed E-state index contributed by atoms with van der Waals surface area (Å²) in [7, 11) is 0. The van der Waals surface area contributed by atoms with E-state index in [4.69, 9.17) is 16.7 Å². The summed E-state index contributed by atoms with van der Waals surface area (Å²) in [5.41, 5.74) is 1.32. The van der Waals surface area contributed by atoms with Gasteiger partial charge in [0.2, 0.25) is 0 Å². The van der Waals surface area contributed by atoms with Crippen LogP contribution in [0.15, 0.2) is 24.3 Å². The molecule has 0 aliphatic heterocycles. The zero-order chi connectivity index (χ0) is 14.4. The third-order valence-electron chi connectivity index (χ3n) is 3.22. The first-order valence-electron chi connectivity index (χ1n) is 6.88. The number of amides is 1. The first kappa shape index (κ1) is 14.9. The SMILES string of the molecule is O=C(NCCCCCCO)c1cc2cccc(Cl)c2[nH]1. The number of aromatic nitrogens is 1. The molecule has 108 valence electrons. The number of unbranched alkanes of at least 4 members (excludes halogenated alkanes) is 3. The van der Waals surface area contributed by atoms with E-state index in [0.29, 0.717) is 17.3 Å². The van der Waals surface area contributed by atoms with Gasteiger partial charge in [-0.1, -0.05) is 36.6 Å². The molecule has 0 saturated carbocycles. The lowest BCUT2D eigenvalue weighted by Gasteiger charge is -2.03. The number of aliphatic hydroxyl groups is 1. The Morgan fingerprint density at radius 1 is 1.25 bits per heavy atom. The number of benzene rings is 1. The predicted molar refractivity (Wildman–Crippen MR) is 81.2 cm³/mol. The highest BCUT2D eigenvalue weighted by Gasteiger charge is 2.10. The van der Waals surface area contributed by atoms with Crippen LogP contribution in [-0.2, 0) is 0 Å². The molecule has 4 nitrogen and oxygen atoms in total. The summed E-state index contributed by atoms with van der Waals surface area (Å²) in [6.45, 7) is 0.884. The van der Waals surface area contributed by atoms with Crippen LogP contribution >= 0.6 is 11.6 Å². The summed E-state index contributed by atoms with van der Waals surface area (Å²) in [6.07, 6.45) is 3.76. The number of aromatic amines is 1. The van der Waals surface area contributed by atoms with Crippen molar-refractivity contribution in [3.63, 3.8) is 0 Å². The second kappa shape index (κ2) is 7.31. The van der Waals surface area contributed by atoms with Crippen LogP contribution in [-0.4, -0.2) is 29.1 Å². The van der Waals surface area contributed by atoms with Crippen LogP contribution in [0.3, 0.4) is 0 Å². The van der Waals surface area contributed by atoms with Gasteiger partial charge >= 0.3 is 0 Å². The molecular formula is C15H19ClN2O2. The number of hydrogen-bond acceptors (Lipinski definition) is 2. The van der Waals surface area contributed by atoms with Gasteiger partial charge in [0.05, 0.1) is 10.5 Å². The van der Waals surface area contributed by atoms with E-state index in [1.165, 1.54) is 0 Å². The van der Waals surface area contributed by atoms with E-state index in [0.717, 1.165) is 36.6 Å². The summed E-state index contributed by atoms with van der Waals surface area (Å²) >= 11 is 6.07.